The van der Waals surface area contributed by atoms with E-state index in [0.717, 1.165) is 16.0 Å². The van der Waals surface area contributed by atoms with Crippen LogP contribution in [0.3, 0.4) is 0 Å². The molecule has 0 bridgehead atoms. The molecule has 0 atom stereocenters. The van der Waals surface area contributed by atoms with Gasteiger partial charge in [0.05, 0.1) is 19.6 Å². The third-order valence-electron chi connectivity index (χ3n) is 3.11. The maximum absolute atomic E-state index is 11.7. The molecule has 2 rings (SSSR count). The van der Waals surface area contributed by atoms with Gasteiger partial charge in [-0.05, 0) is 37.3 Å². The Morgan fingerprint density at radius 1 is 1.04 bits per heavy atom. The molecule has 0 aromatic heterocycles. The normalized spacial score (nSPS) is 10.2. The Morgan fingerprint density at radius 2 is 1.78 bits per heavy atom. The number of hydrogen-bond acceptors (Lipinski definition) is 3. The van der Waals surface area contributed by atoms with Crippen LogP contribution < -0.4 is 14.8 Å². The molecule has 0 aliphatic rings. The molecule has 122 valence electrons. The lowest BCUT2D eigenvalue weighted by atomic mass is 10.2. The quantitative estimate of drug-likeness (QED) is 0.713. The van der Waals surface area contributed by atoms with Gasteiger partial charge in [-0.25, -0.2) is 0 Å². The van der Waals surface area contributed by atoms with Crippen molar-refractivity contribution < 1.29 is 14.3 Å². The van der Waals surface area contributed by atoms with Gasteiger partial charge in [0, 0.05) is 4.47 Å². The first-order valence-electron chi connectivity index (χ1n) is 7.48. The zero-order chi connectivity index (χ0) is 16.5. The number of rotatable bonds is 8. The molecule has 2 aromatic carbocycles. The Kier molecular flexibility index (Phi) is 6.94. The molecule has 0 unspecified atom stereocenters. The molecule has 2 aromatic rings. The molecule has 0 aliphatic carbocycles. The molecule has 0 spiro atoms. The van der Waals surface area contributed by atoms with Gasteiger partial charge in [-0.2, -0.15) is 0 Å². The van der Waals surface area contributed by atoms with E-state index in [1.807, 2.05) is 55.5 Å². The number of halogens is 1. The molecule has 0 fully saturated rings. The minimum Gasteiger partial charge on any atom is -0.493 e. The second kappa shape index (κ2) is 9.20. The minimum atomic E-state index is -0.0486. The molecule has 4 nitrogen and oxygen atoms in total. The van der Waals surface area contributed by atoms with E-state index in [0.29, 0.717) is 26.2 Å². The first-order chi connectivity index (χ1) is 11.1. The van der Waals surface area contributed by atoms with Crippen LogP contribution in [-0.4, -0.2) is 25.7 Å². The van der Waals surface area contributed by atoms with Gasteiger partial charge in [-0.15, -0.1) is 0 Å². The summed E-state index contributed by atoms with van der Waals surface area (Å²) in [6.07, 6.45) is 0.317. The summed E-state index contributed by atoms with van der Waals surface area (Å²) < 4.78 is 12.0. The molecule has 1 N–H and O–H groups in total. The van der Waals surface area contributed by atoms with Gasteiger partial charge in [0.15, 0.2) is 0 Å². The van der Waals surface area contributed by atoms with Gasteiger partial charge in [0.25, 0.3) is 0 Å². The van der Waals surface area contributed by atoms with Crippen LogP contribution in [0.4, 0.5) is 0 Å². The molecule has 23 heavy (non-hydrogen) atoms. The molecule has 0 heterocycles. The predicted molar refractivity (Wildman–Crippen MR) is 93.9 cm³/mol. The van der Waals surface area contributed by atoms with E-state index >= 15 is 0 Å². The zero-order valence-corrected chi connectivity index (χ0v) is 14.6. The van der Waals surface area contributed by atoms with Crippen molar-refractivity contribution in [2.24, 2.45) is 0 Å². The number of aryl methyl sites for hydroxylation is 1. The highest BCUT2D eigenvalue weighted by molar-refractivity contribution is 9.10. The van der Waals surface area contributed by atoms with Crippen LogP contribution in [-0.2, 0) is 4.79 Å². The van der Waals surface area contributed by atoms with E-state index < -0.39 is 0 Å². The van der Waals surface area contributed by atoms with Crippen LogP contribution in [0, 0.1) is 6.92 Å². The van der Waals surface area contributed by atoms with Crippen LogP contribution in [0.15, 0.2) is 53.0 Å². The van der Waals surface area contributed by atoms with Crippen LogP contribution >= 0.6 is 15.9 Å². The number of carbonyl (C=O) groups is 1. The Balaban J connectivity index is 1.57. The number of ether oxygens (including phenoxy) is 2. The Labute approximate surface area is 144 Å². The summed E-state index contributed by atoms with van der Waals surface area (Å²) in [5, 5.41) is 2.81. The van der Waals surface area contributed by atoms with E-state index in [4.69, 9.17) is 9.47 Å². The summed E-state index contributed by atoms with van der Waals surface area (Å²) in [5.74, 6) is 1.50. The van der Waals surface area contributed by atoms with E-state index in [1.165, 1.54) is 5.56 Å². The van der Waals surface area contributed by atoms with E-state index in [2.05, 4.69) is 21.2 Å². The van der Waals surface area contributed by atoms with Crippen LogP contribution in [0.2, 0.25) is 0 Å². The van der Waals surface area contributed by atoms with Crippen molar-refractivity contribution in [3.63, 3.8) is 0 Å². The molecule has 0 aliphatic heterocycles. The van der Waals surface area contributed by atoms with Crippen molar-refractivity contribution >= 4 is 21.8 Å². The van der Waals surface area contributed by atoms with Crippen LogP contribution in [0.1, 0.15) is 12.0 Å². The van der Waals surface area contributed by atoms with Gasteiger partial charge >= 0.3 is 0 Å². The van der Waals surface area contributed by atoms with E-state index in [1.54, 1.807) is 0 Å². The fraction of sp³-hybridized carbons (Fsp3) is 0.278. The fourth-order valence-corrected chi connectivity index (χ4v) is 2.28. The van der Waals surface area contributed by atoms with Crippen LogP contribution in [0.5, 0.6) is 11.5 Å². The SMILES string of the molecule is Cc1ccc(OCCNC(=O)CCOc2cccc(Br)c2)cc1. The summed E-state index contributed by atoms with van der Waals surface area (Å²) in [6.45, 7) is 3.30. The lowest BCUT2D eigenvalue weighted by Crippen LogP contribution is -2.29. The van der Waals surface area contributed by atoms with Crippen molar-refractivity contribution in [1.29, 1.82) is 0 Å². The van der Waals surface area contributed by atoms with E-state index in [9.17, 15) is 4.79 Å². The first kappa shape index (κ1) is 17.3. The van der Waals surface area contributed by atoms with Crippen LogP contribution in [0.25, 0.3) is 0 Å². The van der Waals surface area contributed by atoms with Crippen molar-refractivity contribution in [1.82, 2.24) is 5.32 Å². The lowest BCUT2D eigenvalue weighted by Gasteiger charge is -2.09. The maximum atomic E-state index is 11.7. The maximum Gasteiger partial charge on any atom is 0.223 e. The van der Waals surface area contributed by atoms with Crippen molar-refractivity contribution in [3.8, 4) is 11.5 Å². The highest BCUT2D eigenvalue weighted by Gasteiger charge is 2.02. The summed E-state index contributed by atoms with van der Waals surface area (Å²) in [7, 11) is 0. The monoisotopic (exact) mass is 377 g/mol. The molecule has 1 amide bonds. The number of amides is 1. The first-order valence-corrected chi connectivity index (χ1v) is 8.27. The average Bonchev–Trinajstić information content (AvgIpc) is 2.53. The summed E-state index contributed by atoms with van der Waals surface area (Å²) in [4.78, 5) is 11.7. The smallest absolute Gasteiger partial charge is 0.223 e. The fourth-order valence-electron chi connectivity index (χ4n) is 1.90. The zero-order valence-electron chi connectivity index (χ0n) is 13.0. The third-order valence-corrected chi connectivity index (χ3v) is 3.60. The Morgan fingerprint density at radius 3 is 2.52 bits per heavy atom. The molecule has 0 saturated heterocycles. The van der Waals surface area contributed by atoms with Crippen molar-refractivity contribution in [3.05, 3.63) is 58.6 Å². The summed E-state index contributed by atoms with van der Waals surface area (Å²) >= 11 is 3.38. The predicted octanol–water partition coefficient (Wildman–Crippen LogP) is 3.72. The highest BCUT2D eigenvalue weighted by atomic mass is 79.9. The van der Waals surface area contributed by atoms with Crippen molar-refractivity contribution in [2.45, 2.75) is 13.3 Å². The number of carbonyl (C=O) groups excluding carboxylic acids is 1. The third kappa shape index (κ3) is 6.74. The molecular weight excluding hydrogens is 358 g/mol. The molecule has 5 heteroatoms. The highest BCUT2D eigenvalue weighted by Crippen LogP contribution is 2.17. The van der Waals surface area contributed by atoms with E-state index in [-0.39, 0.29) is 5.91 Å². The second-order valence-corrected chi connectivity index (χ2v) is 5.98. The van der Waals surface area contributed by atoms with Crippen molar-refractivity contribution in [2.75, 3.05) is 19.8 Å². The molecule has 0 saturated carbocycles. The van der Waals surface area contributed by atoms with Gasteiger partial charge in [-0.1, -0.05) is 39.7 Å². The lowest BCUT2D eigenvalue weighted by molar-refractivity contribution is -0.121. The van der Waals surface area contributed by atoms with Gasteiger partial charge in [0.1, 0.15) is 18.1 Å². The molecule has 0 radical (unpaired) electrons. The number of hydrogen-bond donors (Lipinski definition) is 1. The standard InChI is InChI=1S/C18H20BrNO3/c1-14-5-7-16(8-6-14)23-12-10-20-18(21)9-11-22-17-4-2-3-15(19)13-17/h2-8,13H,9-12H2,1H3,(H,20,21). The summed E-state index contributed by atoms with van der Waals surface area (Å²) in [5.41, 5.74) is 1.19. The second-order valence-electron chi connectivity index (χ2n) is 5.07. The topological polar surface area (TPSA) is 47.6 Å². The van der Waals surface area contributed by atoms with Gasteiger partial charge in [0.2, 0.25) is 5.91 Å². The van der Waals surface area contributed by atoms with Gasteiger partial charge < -0.3 is 14.8 Å². The molecular formula is C18H20BrNO3. The average molecular weight is 378 g/mol. The number of nitrogens with one attached hydrogen (secondary N) is 1. The van der Waals surface area contributed by atoms with Gasteiger partial charge in [-0.3, -0.25) is 4.79 Å². The Hall–Kier alpha value is -2.01. The largest absolute Gasteiger partial charge is 0.493 e. The minimum absolute atomic E-state index is 0.0486. The number of benzene rings is 2. The Bertz CT molecular complexity index is 628. The summed E-state index contributed by atoms with van der Waals surface area (Å²) in [6, 6.07) is 15.4.